The summed E-state index contributed by atoms with van der Waals surface area (Å²) < 4.78 is 0. The number of para-hydroxylation sites is 1. The summed E-state index contributed by atoms with van der Waals surface area (Å²) in [5.74, 6) is 0. The van der Waals surface area contributed by atoms with Crippen LogP contribution in [0.3, 0.4) is 0 Å². The zero-order valence-electron chi connectivity index (χ0n) is 37.1. The fourth-order valence-corrected chi connectivity index (χ4v) is 13.9. The third-order valence-electron chi connectivity index (χ3n) is 13.6. The van der Waals surface area contributed by atoms with Crippen molar-refractivity contribution in [3.05, 3.63) is 235 Å². The van der Waals surface area contributed by atoms with E-state index in [1.807, 2.05) is 0 Å². The molecule has 9 aromatic rings. The molecular formula is C59H50BN3Si. The van der Waals surface area contributed by atoms with Crippen LogP contribution in [-0.2, 0) is 0 Å². The van der Waals surface area contributed by atoms with Gasteiger partial charge in [-0.2, -0.15) is 0 Å². The van der Waals surface area contributed by atoms with Crippen LogP contribution in [0.15, 0.2) is 212 Å². The Morgan fingerprint density at radius 3 is 1.20 bits per heavy atom. The average Bonchev–Trinajstić information content (AvgIpc) is 3.33. The van der Waals surface area contributed by atoms with Gasteiger partial charge in [0.1, 0.15) is 8.07 Å². The first-order valence-electron chi connectivity index (χ1n) is 22.5. The van der Waals surface area contributed by atoms with E-state index in [1.54, 1.807) is 0 Å². The molecule has 11 rings (SSSR count). The summed E-state index contributed by atoms with van der Waals surface area (Å²) in [6.45, 7) is 11.3. The highest BCUT2D eigenvalue weighted by Crippen LogP contribution is 2.48. The van der Waals surface area contributed by atoms with Crippen molar-refractivity contribution >= 4 is 97.9 Å². The lowest BCUT2D eigenvalue weighted by molar-refractivity contribution is 1.22. The number of hydrogen-bond acceptors (Lipinski definition) is 3. The van der Waals surface area contributed by atoms with E-state index in [0.29, 0.717) is 0 Å². The van der Waals surface area contributed by atoms with Crippen molar-refractivity contribution in [3.63, 3.8) is 0 Å². The Labute approximate surface area is 379 Å². The third kappa shape index (κ3) is 6.58. The van der Waals surface area contributed by atoms with Gasteiger partial charge < -0.3 is 14.7 Å². The predicted octanol–water partition coefficient (Wildman–Crippen LogP) is 11.6. The minimum Gasteiger partial charge on any atom is -0.311 e. The molecule has 2 aliphatic heterocycles. The largest absolute Gasteiger partial charge is 0.311 e. The van der Waals surface area contributed by atoms with Gasteiger partial charge in [-0.05, 0) is 132 Å². The van der Waals surface area contributed by atoms with E-state index in [4.69, 9.17) is 0 Å². The first kappa shape index (κ1) is 39.5. The summed E-state index contributed by atoms with van der Waals surface area (Å²) in [6.07, 6.45) is 0. The molecule has 0 aliphatic carbocycles. The maximum absolute atomic E-state index is 2.52. The first-order chi connectivity index (χ1) is 31.3. The minimum atomic E-state index is -2.34. The number of fused-ring (bicyclic) bond motifs is 4. The first-order valence-corrected chi connectivity index (χ1v) is 25.0. The van der Waals surface area contributed by atoms with Gasteiger partial charge in [-0.1, -0.05) is 168 Å². The molecule has 0 unspecified atom stereocenters. The van der Waals surface area contributed by atoms with E-state index in [0.717, 1.165) is 28.4 Å². The number of nitrogens with zero attached hydrogens (tertiary/aromatic N) is 3. The molecule has 0 bridgehead atoms. The number of benzene rings is 9. The van der Waals surface area contributed by atoms with Gasteiger partial charge in [-0.25, -0.2) is 0 Å². The van der Waals surface area contributed by atoms with Gasteiger partial charge in [0, 0.05) is 45.5 Å². The fraction of sp³-hybridized carbons (Fsp3) is 0.0847. The SMILES string of the molecule is Cc1ccc(N2c3ccc(C)cc3B3c4cc(C)ccc4N(c4ccc(C)cc4)c4cc(N(c5ccccc5)c5ccc([Si](C)(c6ccccc6)c6ccccc6)cc5)cc2c43)cc1. The van der Waals surface area contributed by atoms with Crippen LogP contribution < -0.4 is 46.6 Å². The van der Waals surface area contributed by atoms with E-state index in [-0.39, 0.29) is 6.71 Å². The molecule has 0 atom stereocenters. The number of anilines is 9. The van der Waals surface area contributed by atoms with Crippen LogP contribution in [0.4, 0.5) is 51.2 Å². The Bertz CT molecular complexity index is 2990. The second-order valence-electron chi connectivity index (χ2n) is 17.9. The normalized spacial score (nSPS) is 12.7. The number of aryl methyl sites for hydroxylation is 4. The maximum atomic E-state index is 2.52. The van der Waals surface area contributed by atoms with Crippen molar-refractivity contribution in [2.75, 3.05) is 14.7 Å². The van der Waals surface area contributed by atoms with Crippen molar-refractivity contribution in [2.45, 2.75) is 34.2 Å². The van der Waals surface area contributed by atoms with Gasteiger partial charge in [0.15, 0.2) is 0 Å². The van der Waals surface area contributed by atoms with Crippen molar-refractivity contribution in [2.24, 2.45) is 0 Å². The Morgan fingerprint density at radius 2 is 0.750 bits per heavy atom. The molecule has 9 aromatic carbocycles. The highest BCUT2D eigenvalue weighted by Gasteiger charge is 2.44. The molecule has 0 aromatic heterocycles. The van der Waals surface area contributed by atoms with Gasteiger partial charge in [0.05, 0.1) is 5.69 Å². The summed E-state index contributed by atoms with van der Waals surface area (Å²) in [7, 11) is -2.34. The van der Waals surface area contributed by atoms with Crippen molar-refractivity contribution in [3.8, 4) is 0 Å². The maximum Gasteiger partial charge on any atom is 0.252 e. The highest BCUT2D eigenvalue weighted by atomic mass is 28.3. The molecule has 0 saturated heterocycles. The summed E-state index contributed by atoms with van der Waals surface area (Å²) in [5, 5.41) is 4.17. The molecule has 2 aliphatic rings. The number of rotatable bonds is 8. The lowest BCUT2D eigenvalue weighted by atomic mass is 9.33. The molecule has 0 radical (unpaired) electrons. The molecule has 2 heterocycles. The summed E-state index contributed by atoms with van der Waals surface area (Å²) in [4.78, 5) is 7.49. The second kappa shape index (κ2) is 15.8. The van der Waals surface area contributed by atoms with Gasteiger partial charge in [-0.15, -0.1) is 0 Å². The van der Waals surface area contributed by atoms with E-state index < -0.39 is 8.07 Å². The summed E-state index contributed by atoms with van der Waals surface area (Å²) in [6, 6.07) is 79.7. The Balaban J connectivity index is 1.18. The summed E-state index contributed by atoms with van der Waals surface area (Å²) >= 11 is 0. The van der Waals surface area contributed by atoms with E-state index >= 15 is 0 Å². The van der Waals surface area contributed by atoms with E-state index in [1.165, 1.54) is 77.0 Å². The molecule has 0 saturated carbocycles. The molecular weight excluding hydrogens is 790 g/mol. The van der Waals surface area contributed by atoms with Crippen molar-refractivity contribution in [1.29, 1.82) is 0 Å². The van der Waals surface area contributed by atoms with Crippen LogP contribution in [0.5, 0.6) is 0 Å². The molecule has 0 spiro atoms. The smallest absolute Gasteiger partial charge is 0.252 e. The molecule has 0 fully saturated rings. The molecule has 5 heteroatoms. The topological polar surface area (TPSA) is 9.72 Å². The quantitative estimate of drug-likeness (QED) is 0.111. The average molecular weight is 840 g/mol. The fourth-order valence-electron chi connectivity index (χ4n) is 10.3. The monoisotopic (exact) mass is 839 g/mol. The predicted molar refractivity (Wildman–Crippen MR) is 277 cm³/mol. The van der Waals surface area contributed by atoms with E-state index in [9.17, 15) is 0 Å². The minimum absolute atomic E-state index is 0.0373. The van der Waals surface area contributed by atoms with Crippen LogP contribution in [0.2, 0.25) is 6.55 Å². The van der Waals surface area contributed by atoms with Gasteiger partial charge in [0.2, 0.25) is 0 Å². The molecule has 0 N–H and O–H groups in total. The van der Waals surface area contributed by atoms with Crippen molar-refractivity contribution < 1.29 is 0 Å². The molecule has 0 amide bonds. The molecule has 64 heavy (non-hydrogen) atoms. The Hall–Kier alpha value is -7.34. The van der Waals surface area contributed by atoms with Crippen LogP contribution in [-0.4, -0.2) is 14.8 Å². The Morgan fingerprint density at radius 1 is 0.359 bits per heavy atom. The lowest BCUT2D eigenvalue weighted by Crippen LogP contribution is -2.64. The molecule has 3 nitrogen and oxygen atoms in total. The number of hydrogen-bond donors (Lipinski definition) is 0. The van der Waals surface area contributed by atoms with E-state index in [2.05, 4.69) is 261 Å². The van der Waals surface area contributed by atoms with Crippen LogP contribution in [0.25, 0.3) is 0 Å². The Kier molecular flexibility index (Phi) is 9.74. The summed E-state index contributed by atoms with van der Waals surface area (Å²) in [5.41, 5.74) is 19.4. The molecule has 308 valence electrons. The zero-order valence-corrected chi connectivity index (χ0v) is 38.1. The van der Waals surface area contributed by atoms with Gasteiger partial charge in [-0.3, -0.25) is 0 Å². The van der Waals surface area contributed by atoms with Crippen molar-refractivity contribution in [1.82, 2.24) is 0 Å². The third-order valence-corrected chi connectivity index (χ3v) is 18.1. The second-order valence-corrected chi connectivity index (χ2v) is 21.9. The standard InChI is InChI=1S/C59H50BN3Si/c1-41-21-27-47(28-22-41)62-55-35-25-43(3)37-53(55)60-54-38-44(4)26-36-56(54)63(48-29-23-42(2)24-30-48)58-40-49(39-57(62)59(58)60)61(45-15-9-6-10-16-45)46-31-33-52(34-32-46)64(5,50-17-11-7-12-18-50)51-19-13-8-14-20-51/h6-40H,1-5H3. The van der Waals surface area contributed by atoms with Crippen LogP contribution in [0, 0.1) is 27.7 Å². The lowest BCUT2D eigenvalue weighted by Gasteiger charge is -2.45. The highest BCUT2D eigenvalue weighted by molar-refractivity contribution is 7.10. The van der Waals surface area contributed by atoms with Crippen LogP contribution >= 0.6 is 0 Å². The van der Waals surface area contributed by atoms with Gasteiger partial charge in [0.25, 0.3) is 6.71 Å². The zero-order chi connectivity index (χ0) is 43.5. The van der Waals surface area contributed by atoms with Gasteiger partial charge >= 0.3 is 0 Å². The van der Waals surface area contributed by atoms with Crippen LogP contribution in [0.1, 0.15) is 22.3 Å².